The summed E-state index contributed by atoms with van der Waals surface area (Å²) in [6.07, 6.45) is 2.30. The van der Waals surface area contributed by atoms with Crippen LogP contribution in [0.5, 0.6) is 0 Å². The van der Waals surface area contributed by atoms with E-state index in [-0.39, 0.29) is 0 Å². The number of aromatic nitrogens is 3. The zero-order valence-corrected chi connectivity index (χ0v) is 16.9. The molecular weight excluding hydrogens is 348 g/mol. The highest BCUT2D eigenvalue weighted by molar-refractivity contribution is 5.90. The minimum atomic E-state index is 0.338. The molecule has 3 aromatic rings. The standard InChI is InChI=1S/C22H28N6/c1-15-12-16(2)24-21-19(15)20(23-3)26-22(27-21)25-18-10-7-11-28(14-18)13-17-8-5-4-6-9-17/h4-6,8-9,12,18H,7,10-11,13-14H2,1-3H3,(H2,23,24,25,26,27). The minimum absolute atomic E-state index is 0.338. The summed E-state index contributed by atoms with van der Waals surface area (Å²) in [4.78, 5) is 16.6. The van der Waals surface area contributed by atoms with Crippen LogP contribution in [0.3, 0.4) is 0 Å². The lowest BCUT2D eigenvalue weighted by atomic mass is 10.0. The molecule has 2 aromatic heterocycles. The van der Waals surface area contributed by atoms with Crippen LogP contribution in [0.1, 0.15) is 29.7 Å². The summed E-state index contributed by atoms with van der Waals surface area (Å²) in [5, 5.41) is 7.76. The fraction of sp³-hybridized carbons (Fsp3) is 0.409. The van der Waals surface area contributed by atoms with Crippen LogP contribution >= 0.6 is 0 Å². The van der Waals surface area contributed by atoms with E-state index < -0.39 is 0 Å². The number of rotatable bonds is 5. The average Bonchev–Trinajstić information content (AvgIpc) is 2.68. The van der Waals surface area contributed by atoms with E-state index in [0.717, 1.165) is 54.2 Å². The van der Waals surface area contributed by atoms with Gasteiger partial charge in [-0.15, -0.1) is 0 Å². The maximum atomic E-state index is 4.72. The number of benzene rings is 1. The molecular formula is C22H28N6. The lowest BCUT2D eigenvalue weighted by Crippen LogP contribution is -2.41. The first-order valence-corrected chi connectivity index (χ1v) is 9.99. The first kappa shape index (κ1) is 18.6. The van der Waals surface area contributed by atoms with Gasteiger partial charge in [-0.25, -0.2) is 4.98 Å². The Bertz CT molecular complexity index is 956. The van der Waals surface area contributed by atoms with Crippen LogP contribution in [-0.4, -0.2) is 46.0 Å². The van der Waals surface area contributed by atoms with E-state index in [2.05, 4.69) is 63.8 Å². The van der Waals surface area contributed by atoms with Gasteiger partial charge in [0.15, 0.2) is 5.65 Å². The number of aryl methyl sites for hydroxylation is 2. The predicted molar refractivity (Wildman–Crippen MR) is 115 cm³/mol. The van der Waals surface area contributed by atoms with Crippen molar-refractivity contribution in [2.45, 2.75) is 39.3 Å². The quantitative estimate of drug-likeness (QED) is 0.707. The van der Waals surface area contributed by atoms with Gasteiger partial charge in [0.1, 0.15) is 5.82 Å². The molecule has 28 heavy (non-hydrogen) atoms. The zero-order chi connectivity index (χ0) is 19.5. The van der Waals surface area contributed by atoms with Crippen LogP contribution in [0.15, 0.2) is 36.4 Å². The number of hydrogen-bond donors (Lipinski definition) is 2. The van der Waals surface area contributed by atoms with Gasteiger partial charge in [0.25, 0.3) is 0 Å². The van der Waals surface area contributed by atoms with E-state index in [0.29, 0.717) is 12.0 Å². The van der Waals surface area contributed by atoms with Crippen molar-refractivity contribution in [3.05, 3.63) is 53.2 Å². The first-order chi connectivity index (χ1) is 13.6. The fourth-order valence-electron chi connectivity index (χ4n) is 4.06. The van der Waals surface area contributed by atoms with Crippen LogP contribution in [0, 0.1) is 13.8 Å². The fourth-order valence-corrected chi connectivity index (χ4v) is 4.06. The number of anilines is 2. The number of pyridine rings is 1. The van der Waals surface area contributed by atoms with Crippen molar-refractivity contribution in [3.63, 3.8) is 0 Å². The van der Waals surface area contributed by atoms with Gasteiger partial charge >= 0.3 is 0 Å². The highest BCUT2D eigenvalue weighted by atomic mass is 15.2. The van der Waals surface area contributed by atoms with Crippen molar-refractivity contribution in [1.29, 1.82) is 0 Å². The molecule has 1 fully saturated rings. The molecule has 1 saturated heterocycles. The molecule has 0 radical (unpaired) electrons. The van der Waals surface area contributed by atoms with E-state index in [1.807, 2.05) is 14.0 Å². The van der Waals surface area contributed by atoms with Crippen molar-refractivity contribution >= 4 is 22.8 Å². The molecule has 6 nitrogen and oxygen atoms in total. The summed E-state index contributed by atoms with van der Waals surface area (Å²) in [7, 11) is 1.90. The van der Waals surface area contributed by atoms with E-state index in [4.69, 9.17) is 9.97 Å². The van der Waals surface area contributed by atoms with Crippen LogP contribution < -0.4 is 10.6 Å². The maximum absolute atomic E-state index is 4.72. The molecule has 0 bridgehead atoms. The van der Waals surface area contributed by atoms with E-state index in [1.54, 1.807) is 0 Å². The Morgan fingerprint density at radius 2 is 1.93 bits per heavy atom. The third-order valence-electron chi connectivity index (χ3n) is 5.32. The smallest absolute Gasteiger partial charge is 0.226 e. The SMILES string of the molecule is CNc1nc(NC2CCCN(Cc3ccccc3)C2)nc2nc(C)cc(C)c12. The average molecular weight is 377 g/mol. The van der Waals surface area contributed by atoms with Crippen LogP contribution in [0.4, 0.5) is 11.8 Å². The van der Waals surface area contributed by atoms with Crippen LogP contribution in [-0.2, 0) is 6.54 Å². The summed E-state index contributed by atoms with van der Waals surface area (Å²) in [6.45, 7) is 7.19. The molecule has 0 spiro atoms. The van der Waals surface area contributed by atoms with Gasteiger partial charge < -0.3 is 10.6 Å². The highest BCUT2D eigenvalue weighted by Crippen LogP contribution is 2.25. The topological polar surface area (TPSA) is 66.0 Å². The Labute approximate surface area is 166 Å². The van der Waals surface area contributed by atoms with Crippen LogP contribution in [0.25, 0.3) is 11.0 Å². The van der Waals surface area contributed by atoms with Gasteiger partial charge in [0, 0.05) is 31.9 Å². The van der Waals surface area contributed by atoms with Crippen molar-refractivity contribution in [2.24, 2.45) is 0 Å². The van der Waals surface area contributed by atoms with Crippen molar-refractivity contribution in [2.75, 3.05) is 30.8 Å². The minimum Gasteiger partial charge on any atom is -0.372 e. The number of piperidine rings is 1. The Balaban J connectivity index is 1.52. The molecule has 3 heterocycles. The monoisotopic (exact) mass is 376 g/mol. The van der Waals surface area contributed by atoms with Gasteiger partial charge in [-0.2, -0.15) is 9.97 Å². The molecule has 2 N–H and O–H groups in total. The Morgan fingerprint density at radius 1 is 1.11 bits per heavy atom. The highest BCUT2D eigenvalue weighted by Gasteiger charge is 2.21. The molecule has 146 valence electrons. The third-order valence-corrected chi connectivity index (χ3v) is 5.32. The summed E-state index contributed by atoms with van der Waals surface area (Å²) >= 11 is 0. The summed E-state index contributed by atoms with van der Waals surface area (Å²) < 4.78 is 0. The molecule has 1 aromatic carbocycles. The van der Waals surface area contributed by atoms with Gasteiger partial charge in [-0.05, 0) is 50.4 Å². The summed E-state index contributed by atoms with van der Waals surface area (Å²) in [6, 6.07) is 13.1. The lowest BCUT2D eigenvalue weighted by Gasteiger charge is -2.33. The molecule has 0 amide bonds. The largest absolute Gasteiger partial charge is 0.372 e. The van der Waals surface area contributed by atoms with E-state index >= 15 is 0 Å². The number of hydrogen-bond acceptors (Lipinski definition) is 6. The molecule has 1 unspecified atom stereocenters. The Kier molecular flexibility index (Phi) is 5.39. The lowest BCUT2D eigenvalue weighted by molar-refractivity contribution is 0.208. The number of nitrogens with one attached hydrogen (secondary N) is 2. The maximum Gasteiger partial charge on any atom is 0.226 e. The second kappa shape index (κ2) is 8.10. The molecule has 1 aliphatic rings. The normalized spacial score (nSPS) is 17.6. The second-order valence-corrected chi connectivity index (χ2v) is 7.63. The van der Waals surface area contributed by atoms with Crippen LogP contribution in [0.2, 0.25) is 0 Å². The summed E-state index contributed by atoms with van der Waals surface area (Å²) in [5.74, 6) is 1.48. The molecule has 0 aliphatic carbocycles. The number of fused-ring (bicyclic) bond motifs is 1. The Morgan fingerprint density at radius 3 is 2.71 bits per heavy atom. The summed E-state index contributed by atoms with van der Waals surface area (Å²) in [5.41, 5.74) is 4.22. The number of likely N-dealkylation sites (tertiary alicyclic amines) is 1. The third kappa shape index (κ3) is 4.07. The first-order valence-electron chi connectivity index (χ1n) is 9.99. The zero-order valence-electron chi connectivity index (χ0n) is 16.9. The van der Waals surface area contributed by atoms with Crippen molar-refractivity contribution in [1.82, 2.24) is 19.9 Å². The molecule has 4 rings (SSSR count). The Hall–Kier alpha value is -2.73. The predicted octanol–water partition coefficient (Wildman–Crippen LogP) is 3.76. The molecule has 1 atom stereocenters. The molecule has 0 saturated carbocycles. The van der Waals surface area contributed by atoms with E-state index in [9.17, 15) is 0 Å². The van der Waals surface area contributed by atoms with Crippen molar-refractivity contribution in [3.8, 4) is 0 Å². The molecule has 6 heteroatoms. The van der Waals surface area contributed by atoms with Gasteiger partial charge in [-0.3, -0.25) is 4.90 Å². The van der Waals surface area contributed by atoms with Gasteiger partial charge in [-0.1, -0.05) is 30.3 Å². The molecule has 1 aliphatic heterocycles. The number of nitrogens with zero attached hydrogens (tertiary/aromatic N) is 4. The van der Waals surface area contributed by atoms with E-state index in [1.165, 1.54) is 12.0 Å². The van der Waals surface area contributed by atoms with Crippen molar-refractivity contribution < 1.29 is 0 Å². The van der Waals surface area contributed by atoms with Gasteiger partial charge in [0.05, 0.1) is 5.39 Å². The van der Waals surface area contributed by atoms with Gasteiger partial charge in [0.2, 0.25) is 5.95 Å². The second-order valence-electron chi connectivity index (χ2n) is 7.63.